The minimum absolute atomic E-state index is 0. The summed E-state index contributed by atoms with van der Waals surface area (Å²) < 4.78 is 9.75. The fourth-order valence-electron chi connectivity index (χ4n) is 0.451. The Balaban J connectivity index is 0. The van der Waals surface area contributed by atoms with Crippen molar-refractivity contribution in [3.8, 4) is 0 Å². The van der Waals surface area contributed by atoms with Gasteiger partial charge in [-0.15, -0.1) is 12.4 Å². The highest BCUT2D eigenvalue weighted by molar-refractivity contribution is 5.85. The van der Waals surface area contributed by atoms with Gasteiger partial charge in [0, 0.05) is 0 Å². The zero-order valence-electron chi connectivity index (χ0n) is 6.36. The predicted octanol–water partition coefficient (Wildman–Crippen LogP) is -0.574. The molecule has 0 radical (unpaired) electrons. The molecule has 0 bridgehead atoms. The van der Waals surface area contributed by atoms with Crippen LogP contribution in [0.2, 0.25) is 0 Å². The van der Waals surface area contributed by atoms with Gasteiger partial charge in [0.05, 0.1) is 39.6 Å². The SMILES string of the molecule is Cl.OCCOCCOCCO. The first kappa shape index (κ1) is 13.7. The summed E-state index contributed by atoms with van der Waals surface area (Å²) in [6.45, 7) is 1.73. The third-order valence-corrected chi connectivity index (χ3v) is 0.843. The molecule has 0 saturated carbocycles. The van der Waals surface area contributed by atoms with E-state index >= 15 is 0 Å². The molecular weight excluding hydrogens is 172 g/mol. The van der Waals surface area contributed by atoms with Gasteiger partial charge in [-0.05, 0) is 0 Å². The monoisotopic (exact) mass is 186 g/mol. The lowest BCUT2D eigenvalue weighted by atomic mass is 10.7. The lowest BCUT2D eigenvalue weighted by molar-refractivity contribution is 0.0222. The number of hydrogen-bond donors (Lipinski definition) is 2. The van der Waals surface area contributed by atoms with Crippen LogP contribution < -0.4 is 0 Å². The van der Waals surface area contributed by atoms with Crippen molar-refractivity contribution in [2.75, 3.05) is 39.6 Å². The first-order valence-electron chi connectivity index (χ1n) is 3.29. The zero-order chi connectivity index (χ0) is 7.66. The highest BCUT2D eigenvalue weighted by Crippen LogP contribution is 1.76. The molecule has 11 heavy (non-hydrogen) atoms. The number of ether oxygens (including phenoxy) is 2. The van der Waals surface area contributed by atoms with Crippen LogP contribution in [0.25, 0.3) is 0 Å². The normalized spacial score (nSPS) is 9.27. The van der Waals surface area contributed by atoms with Gasteiger partial charge in [0.2, 0.25) is 0 Å². The first-order chi connectivity index (χ1) is 4.91. The molecule has 0 aliphatic carbocycles. The molecule has 0 saturated heterocycles. The molecule has 2 N–H and O–H groups in total. The third kappa shape index (κ3) is 13.2. The number of halogens is 1. The molecule has 4 nitrogen and oxygen atoms in total. The van der Waals surface area contributed by atoms with Crippen molar-refractivity contribution >= 4 is 12.4 Å². The third-order valence-electron chi connectivity index (χ3n) is 0.843. The van der Waals surface area contributed by atoms with E-state index in [2.05, 4.69) is 0 Å². The number of rotatable bonds is 7. The molecule has 0 rings (SSSR count). The standard InChI is InChI=1S/C6H14O4.ClH/c7-1-3-9-5-6-10-4-2-8;/h7-8H,1-6H2;1H. The molecule has 0 atom stereocenters. The van der Waals surface area contributed by atoms with E-state index in [1.807, 2.05) is 0 Å². The van der Waals surface area contributed by atoms with Gasteiger partial charge in [-0.1, -0.05) is 0 Å². The maximum absolute atomic E-state index is 8.26. The van der Waals surface area contributed by atoms with Gasteiger partial charge in [-0.2, -0.15) is 0 Å². The Labute approximate surface area is 72.5 Å². The minimum Gasteiger partial charge on any atom is -0.394 e. The molecule has 0 aliphatic rings. The van der Waals surface area contributed by atoms with Gasteiger partial charge in [-0.25, -0.2) is 0 Å². The van der Waals surface area contributed by atoms with E-state index in [9.17, 15) is 0 Å². The number of aliphatic hydroxyl groups excluding tert-OH is 2. The van der Waals surface area contributed by atoms with Crippen LogP contribution in [0.1, 0.15) is 0 Å². The summed E-state index contributed by atoms with van der Waals surface area (Å²) in [5.41, 5.74) is 0. The molecule has 0 fully saturated rings. The van der Waals surface area contributed by atoms with Crippen LogP contribution >= 0.6 is 12.4 Å². The van der Waals surface area contributed by atoms with Crippen LogP contribution in [0.5, 0.6) is 0 Å². The highest BCUT2D eigenvalue weighted by Gasteiger charge is 1.86. The number of aliphatic hydroxyl groups is 2. The Kier molecular flexibility index (Phi) is 15.9. The Bertz CT molecular complexity index is 54.5. The quantitative estimate of drug-likeness (QED) is 0.523. The molecule has 0 amide bonds. The average Bonchev–Trinajstić information content (AvgIpc) is 1.97. The van der Waals surface area contributed by atoms with Crippen molar-refractivity contribution in [3.63, 3.8) is 0 Å². The van der Waals surface area contributed by atoms with E-state index in [4.69, 9.17) is 19.7 Å². The predicted molar refractivity (Wildman–Crippen MR) is 43.1 cm³/mol. The summed E-state index contributed by atoms with van der Waals surface area (Å²) in [6, 6.07) is 0. The van der Waals surface area contributed by atoms with E-state index in [0.717, 1.165) is 0 Å². The fraction of sp³-hybridized carbons (Fsp3) is 1.00. The van der Waals surface area contributed by atoms with Gasteiger partial charge < -0.3 is 19.7 Å². The van der Waals surface area contributed by atoms with Gasteiger partial charge in [0.25, 0.3) is 0 Å². The van der Waals surface area contributed by atoms with E-state index in [-0.39, 0.29) is 25.6 Å². The van der Waals surface area contributed by atoms with Crippen LogP contribution in [0.3, 0.4) is 0 Å². The maximum Gasteiger partial charge on any atom is 0.0701 e. The van der Waals surface area contributed by atoms with Crippen molar-refractivity contribution in [2.24, 2.45) is 0 Å². The number of hydrogen-bond acceptors (Lipinski definition) is 4. The fourth-order valence-corrected chi connectivity index (χ4v) is 0.451. The van der Waals surface area contributed by atoms with Crippen molar-refractivity contribution in [3.05, 3.63) is 0 Å². The minimum atomic E-state index is 0. The van der Waals surface area contributed by atoms with Gasteiger partial charge >= 0.3 is 0 Å². The topological polar surface area (TPSA) is 58.9 Å². The smallest absolute Gasteiger partial charge is 0.0701 e. The van der Waals surface area contributed by atoms with E-state index in [1.165, 1.54) is 0 Å². The summed E-state index contributed by atoms with van der Waals surface area (Å²) in [5, 5.41) is 16.5. The Hall–Kier alpha value is 0.130. The van der Waals surface area contributed by atoms with Gasteiger partial charge in [0.1, 0.15) is 0 Å². The second-order valence-electron chi connectivity index (χ2n) is 1.67. The molecule has 0 aromatic heterocycles. The van der Waals surface area contributed by atoms with Crippen LogP contribution in [0.15, 0.2) is 0 Å². The second kappa shape index (κ2) is 12.8. The molecular formula is C6H15ClO4. The zero-order valence-corrected chi connectivity index (χ0v) is 7.18. The Morgan fingerprint density at radius 3 is 1.36 bits per heavy atom. The lowest BCUT2D eigenvalue weighted by Crippen LogP contribution is -2.09. The highest BCUT2D eigenvalue weighted by atomic mass is 35.5. The van der Waals surface area contributed by atoms with Gasteiger partial charge in [-0.3, -0.25) is 0 Å². The Morgan fingerprint density at radius 2 is 1.09 bits per heavy atom. The molecule has 0 aromatic rings. The van der Waals surface area contributed by atoms with Crippen LogP contribution in [-0.2, 0) is 9.47 Å². The van der Waals surface area contributed by atoms with Crippen LogP contribution in [0.4, 0.5) is 0 Å². The summed E-state index contributed by atoms with van der Waals surface area (Å²) in [4.78, 5) is 0. The van der Waals surface area contributed by atoms with E-state index < -0.39 is 0 Å². The van der Waals surface area contributed by atoms with Crippen molar-refractivity contribution in [1.82, 2.24) is 0 Å². The average molecular weight is 187 g/mol. The van der Waals surface area contributed by atoms with Crippen molar-refractivity contribution in [1.29, 1.82) is 0 Å². The Morgan fingerprint density at radius 1 is 0.727 bits per heavy atom. The summed E-state index contributed by atoms with van der Waals surface area (Å²) in [6.07, 6.45) is 0. The molecule has 0 spiro atoms. The van der Waals surface area contributed by atoms with E-state index in [0.29, 0.717) is 26.4 Å². The van der Waals surface area contributed by atoms with Crippen LogP contribution in [-0.4, -0.2) is 49.9 Å². The first-order valence-corrected chi connectivity index (χ1v) is 3.29. The molecule has 5 heteroatoms. The molecule has 0 heterocycles. The largest absolute Gasteiger partial charge is 0.394 e. The van der Waals surface area contributed by atoms with E-state index in [1.54, 1.807) is 0 Å². The lowest BCUT2D eigenvalue weighted by Gasteiger charge is -2.01. The molecule has 0 unspecified atom stereocenters. The molecule has 0 aromatic carbocycles. The summed E-state index contributed by atoms with van der Waals surface area (Å²) in [5.74, 6) is 0. The van der Waals surface area contributed by atoms with Crippen molar-refractivity contribution < 1.29 is 19.7 Å². The van der Waals surface area contributed by atoms with Gasteiger partial charge in [0.15, 0.2) is 0 Å². The molecule has 0 aliphatic heterocycles. The summed E-state index contributed by atoms with van der Waals surface area (Å²) >= 11 is 0. The summed E-state index contributed by atoms with van der Waals surface area (Å²) in [7, 11) is 0. The van der Waals surface area contributed by atoms with Crippen LogP contribution in [0, 0.1) is 0 Å². The van der Waals surface area contributed by atoms with Crippen molar-refractivity contribution in [2.45, 2.75) is 0 Å². The second-order valence-corrected chi connectivity index (χ2v) is 1.67. The maximum atomic E-state index is 8.26. The molecule has 70 valence electrons.